The van der Waals surface area contributed by atoms with Crippen molar-refractivity contribution in [2.75, 3.05) is 26.0 Å². The largest absolute Gasteiger partial charge is 0.779 e. The molecule has 27 nitrogen and oxygen atoms in total. The van der Waals surface area contributed by atoms with Crippen molar-refractivity contribution in [2.45, 2.75) is 43.0 Å². The summed E-state index contributed by atoms with van der Waals surface area (Å²) < 4.78 is 56.0. The highest BCUT2D eigenvalue weighted by molar-refractivity contribution is 8.09. The Hall–Kier alpha value is -3.40. The van der Waals surface area contributed by atoms with Gasteiger partial charge in [0, 0.05) is 7.05 Å². The molecule has 2 fully saturated rings. The van der Waals surface area contributed by atoms with Crippen molar-refractivity contribution in [2.24, 2.45) is 11.7 Å². The zero-order valence-electron chi connectivity index (χ0n) is 26.5. The number of ether oxygens (including phenoxy) is 2. The molecule has 2 aromatic heterocycles. The molecule has 0 spiro atoms. The fourth-order valence-corrected chi connectivity index (χ4v) is 10.5. The highest BCUT2D eigenvalue weighted by Crippen LogP contribution is 2.63. The summed E-state index contributed by atoms with van der Waals surface area (Å²) in [6.45, 7) is -7.74. The Morgan fingerprint density at radius 1 is 1.08 bits per heavy atom. The maximum absolute atomic E-state index is 12.6. The van der Waals surface area contributed by atoms with E-state index in [-0.39, 0.29) is 35.3 Å². The molecule has 2 aromatic rings. The van der Waals surface area contributed by atoms with Crippen LogP contribution in [-0.2, 0) is 57.7 Å². The molecule has 0 aromatic carbocycles. The zero-order valence-corrected chi connectivity index (χ0v) is 30.0. The Bertz CT molecular complexity index is 2070. The van der Waals surface area contributed by atoms with E-state index in [1.54, 1.807) is 0 Å². The molecule has 2 saturated heterocycles. The first kappa shape index (κ1) is 39.3. The number of aldehydes is 1. The smallest absolute Gasteiger partial charge is 0.280 e. The van der Waals surface area contributed by atoms with Gasteiger partial charge in [0.1, 0.15) is 43.3 Å². The molecular formula is C22H28N10O17P3S-3. The topological polar surface area (TPSA) is 401 Å². The number of nitrogens with one attached hydrogen (secondary N) is 3. The van der Waals surface area contributed by atoms with E-state index in [0.29, 0.717) is 6.29 Å². The Morgan fingerprint density at radius 2 is 1.68 bits per heavy atom. The number of phosphoric acid groups is 2. The fraction of sp³-hybridized carbons (Fsp3) is 0.500. The summed E-state index contributed by atoms with van der Waals surface area (Å²) in [7, 11) is -10.2. The molecule has 6 heterocycles. The van der Waals surface area contributed by atoms with Crippen LogP contribution in [0.15, 0.2) is 11.1 Å². The van der Waals surface area contributed by atoms with Crippen LogP contribution < -0.4 is 42.0 Å². The number of likely N-dealkylation sites (N-methyl/N-ethyl adjacent to an activating group) is 1. The molecule has 31 heteroatoms. The number of imidazole rings is 1. The van der Waals surface area contributed by atoms with Crippen LogP contribution in [0.25, 0.3) is 11.2 Å². The van der Waals surface area contributed by atoms with Gasteiger partial charge in [0.2, 0.25) is 17.8 Å². The van der Waals surface area contributed by atoms with E-state index < -0.39 is 95.9 Å². The average molecular weight is 830 g/mol. The number of aliphatic hydroxyl groups excluding tert-OH is 3. The molecule has 1 amide bonds. The van der Waals surface area contributed by atoms with Gasteiger partial charge in [-0.2, -0.15) is 4.98 Å². The van der Waals surface area contributed by atoms with Gasteiger partial charge in [-0.25, -0.2) is 4.98 Å². The van der Waals surface area contributed by atoms with E-state index in [0.717, 1.165) is 10.9 Å². The predicted octanol–water partition coefficient (Wildman–Crippen LogP) is -8.66. The first-order chi connectivity index (χ1) is 24.7. The van der Waals surface area contributed by atoms with Gasteiger partial charge in [0.25, 0.3) is 21.2 Å². The van der Waals surface area contributed by atoms with Crippen LogP contribution in [0.2, 0.25) is 0 Å². The number of hydrogen-bond acceptors (Lipinski definition) is 23. The van der Waals surface area contributed by atoms with Crippen molar-refractivity contribution in [3.8, 4) is 0 Å². The first-order valence-electron chi connectivity index (χ1n) is 14.7. The van der Waals surface area contributed by atoms with Crippen LogP contribution in [0, 0.1) is 18.1 Å². The summed E-state index contributed by atoms with van der Waals surface area (Å²) >= 11 is 4.39. The lowest BCUT2D eigenvalue weighted by molar-refractivity contribution is -0.524. The third-order valence-corrected chi connectivity index (χ3v) is 13.3. The molecule has 4 aliphatic rings. The SMILES string of the molecule is C[N+]1=CN([C@@H]2O[C@H](COP(=O)([O-])OP([O-])(=S)OP(=O)([O-])OC[C@H]3O[C@@H](n4cnc5c(=O)[nH]c(N)nc54)C(O)[C@H]3O)C(O)C2C=O)[C-]2[NH+]=C(N)NC(=O)[C-]21. The lowest BCUT2D eigenvalue weighted by Crippen LogP contribution is -2.88. The second-order valence-corrected chi connectivity index (χ2v) is 17.4. The van der Waals surface area contributed by atoms with Gasteiger partial charge >= 0.3 is 0 Å². The molecule has 6 rings (SSSR count). The van der Waals surface area contributed by atoms with E-state index in [9.17, 15) is 53.5 Å². The highest BCUT2D eigenvalue weighted by atomic mass is 32.5. The Balaban J connectivity index is 1.04. The maximum atomic E-state index is 12.6. The standard InChI is InChI=1S/C22H31N10O17P3S/c1-30-6-32(16-11(30)18(38)29-22(24)27-16)19-7(2-33)12(34)8(46-19)3-44-50(39,40)48-52(43,53)49-51(41,42)45-4-9-13(35)14(36)20(47-9)31-5-25-10-15(31)26-21(23)28-17(10)37/h2,5-9,12-14,19-20,27,34-36H,3-4,24H2,1H3,(H,29,38)(H,39,40)(H,41,42)(H,43,53)(H3,23,26,28,37)/p-3/t7?,8-,9-,12?,13+,14?,19-,20-,52?/m1/s1. The number of H-pyrrole nitrogens is 1. The van der Waals surface area contributed by atoms with Gasteiger partial charge in [-0.05, 0) is 0 Å². The van der Waals surface area contributed by atoms with Gasteiger partial charge < -0.3 is 84.6 Å². The molecule has 0 radical (unpaired) electrons. The molecule has 0 saturated carbocycles. The highest BCUT2D eigenvalue weighted by Gasteiger charge is 2.51. The molecule has 53 heavy (non-hydrogen) atoms. The third-order valence-electron chi connectivity index (χ3n) is 7.96. The van der Waals surface area contributed by atoms with Crippen LogP contribution in [-0.4, -0.2) is 126 Å². The second-order valence-electron chi connectivity index (χ2n) is 11.5. The number of hydrogen-bond donors (Lipinski definition) is 8. The number of carbonyl (C=O) groups is 2. The average Bonchev–Trinajstić information content (AvgIpc) is 3.77. The summed E-state index contributed by atoms with van der Waals surface area (Å²) in [4.78, 5) is 87.9. The van der Waals surface area contributed by atoms with Gasteiger partial charge in [0.05, 0.1) is 44.2 Å². The van der Waals surface area contributed by atoms with Crippen molar-refractivity contribution in [1.29, 1.82) is 0 Å². The Morgan fingerprint density at radius 3 is 2.30 bits per heavy atom. The van der Waals surface area contributed by atoms with Gasteiger partial charge in [0.15, 0.2) is 23.6 Å². The van der Waals surface area contributed by atoms with Crippen molar-refractivity contribution in [3.63, 3.8) is 0 Å². The quantitative estimate of drug-likeness (QED) is 0.0402. The van der Waals surface area contributed by atoms with Crippen LogP contribution >= 0.6 is 22.4 Å². The number of rotatable bonds is 13. The van der Waals surface area contributed by atoms with Crippen LogP contribution in [0.5, 0.6) is 0 Å². The van der Waals surface area contributed by atoms with Crippen molar-refractivity contribution in [3.05, 3.63) is 28.9 Å². The zero-order chi connectivity index (χ0) is 38.8. The fourth-order valence-electron chi connectivity index (χ4n) is 5.68. The van der Waals surface area contributed by atoms with Crippen molar-refractivity contribution >= 4 is 75.8 Å². The van der Waals surface area contributed by atoms with Crippen molar-refractivity contribution in [1.82, 2.24) is 29.7 Å². The number of aromatic nitrogens is 4. The number of nitrogens with two attached hydrogens (primary N) is 2. The summed E-state index contributed by atoms with van der Waals surface area (Å²) in [6, 6.07) is 0.0688. The van der Waals surface area contributed by atoms with Crippen LogP contribution in [0.3, 0.4) is 0 Å². The number of aliphatic hydroxyl groups is 3. The van der Waals surface area contributed by atoms with Gasteiger partial charge in [-0.15, -0.1) is 0 Å². The summed E-state index contributed by atoms with van der Waals surface area (Å²) in [5.41, 5.74) is 10.2. The first-order valence-corrected chi connectivity index (χ1v) is 20.2. The summed E-state index contributed by atoms with van der Waals surface area (Å²) in [6.07, 6.45) is -8.58. The number of nitrogen functional groups attached to an aromatic ring is 1. The predicted molar refractivity (Wildman–Crippen MR) is 165 cm³/mol. The number of nitrogens with zero attached hydrogens (tertiary/aromatic N) is 5. The second kappa shape index (κ2) is 14.3. The van der Waals surface area contributed by atoms with Crippen LogP contribution in [0.1, 0.15) is 6.23 Å². The minimum atomic E-state index is -5.83. The molecule has 292 valence electrons. The lowest BCUT2D eigenvalue weighted by atomic mass is 10.0. The number of fused-ring (bicyclic) bond motifs is 2. The van der Waals surface area contributed by atoms with Crippen LogP contribution in [0.4, 0.5) is 5.95 Å². The van der Waals surface area contributed by atoms with E-state index in [1.807, 2.05) is 0 Å². The number of phosphoric ester groups is 2. The monoisotopic (exact) mass is 829 g/mol. The van der Waals surface area contributed by atoms with E-state index in [4.69, 9.17) is 20.9 Å². The van der Waals surface area contributed by atoms with E-state index >= 15 is 0 Å². The Labute approximate surface area is 300 Å². The number of guanidine groups is 1. The number of aromatic amines is 1. The van der Waals surface area contributed by atoms with E-state index in [2.05, 4.69) is 54.7 Å². The van der Waals surface area contributed by atoms with Gasteiger partial charge in [-0.3, -0.25) is 36.9 Å². The summed E-state index contributed by atoms with van der Waals surface area (Å²) in [5, 5.41) is 34.0. The minimum absolute atomic E-state index is 0.0688. The molecule has 4 aliphatic heterocycles. The number of anilines is 1. The molecule has 0 aliphatic carbocycles. The minimum Gasteiger partial charge on any atom is -0.779 e. The Kier molecular flexibility index (Phi) is 10.6. The molecule has 10 N–H and O–H groups in total. The molecule has 0 bridgehead atoms. The third kappa shape index (κ3) is 7.90. The normalized spacial score (nSPS) is 32.1. The molecule has 11 atom stereocenters. The van der Waals surface area contributed by atoms with E-state index in [1.165, 1.54) is 22.9 Å². The lowest BCUT2D eigenvalue weighted by Gasteiger charge is -2.38. The van der Waals surface area contributed by atoms with Crippen molar-refractivity contribution < 1.29 is 85.4 Å². The number of amides is 1. The maximum Gasteiger partial charge on any atom is 0.280 e. The number of carbonyl (C=O) groups excluding carboxylic acids is 2. The molecule has 6 unspecified atom stereocenters. The summed E-state index contributed by atoms with van der Waals surface area (Å²) in [5.74, 6) is -2.42. The van der Waals surface area contributed by atoms with Gasteiger partial charge in [-0.1, -0.05) is 11.8 Å². The molecular weight excluding hydrogens is 801 g/mol.